The normalized spacial score (nSPS) is 15.8. The van der Waals surface area contributed by atoms with Crippen molar-refractivity contribution in [3.8, 4) is 5.75 Å². The number of amides is 1. The van der Waals surface area contributed by atoms with Crippen LogP contribution in [-0.4, -0.2) is 33.8 Å². The highest BCUT2D eigenvalue weighted by Crippen LogP contribution is 2.38. The van der Waals surface area contributed by atoms with E-state index in [4.69, 9.17) is 4.74 Å². The summed E-state index contributed by atoms with van der Waals surface area (Å²) in [4.78, 5) is 32.1. The monoisotopic (exact) mass is 428 g/mol. The van der Waals surface area contributed by atoms with Gasteiger partial charge < -0.3 is 14.7 Å². The predicted octanol–water partition coefficient (Wildman–Crippen LogP) is 4.19. The molecule has 1 unspecified atom stereocenters. The van der Waals surface area contributed by atoms with E-state index in [2.05, 4.69) is 4.98 Å². The Labute approximate surface area is 186 Å². The van der Waals surface area contributed by atoms with Crippen molar-refractivity contribution < 1.29 is 19.4 Å². The van der Waals surface area contributed by atoms with Crippen LogP contribution in [0.4, 0.5) is 0 Å². The lowest BCUT2D eigenvalue weighted by molar-refractivity contribution is -0.130. The van der Waals surface area contributed by atoms with E-state index >= 15 is 0 Å². The van der Waals surface area contributed by atoms with Gasteiger partial charge in [0.25, 0.3) is 5.91 Å². The summed E-state index contributed by atoms with van der Waals surface area (Å²) in [5.74, 6) is -0.611. The predicted molar refractivity (Wildman–Crippen MR) is 120 cm³/mol. The number of hydrogen-bond donors (Lipinski definition) is 1. The smallest absolute Gasteiger partial charge is 0.290 e. The van der Waals surface area contributed by atoms with E-state index < -0.39 is 17.7 Å². The molecule has 1 aliphatic rings. The number of ketones is 1. The number of pyridine rings is 1. The fourth-order valence-electron chi connectivity index (χ4n) is 3.91. The Morgan fingerprint density at radius 3 is 2.38 bits per heavy atom. The lowest BCUT2D eigenvalue weighted by Crippen LogP contribution is -2.31. The van der Waals surface area contributed by atoms with Crippen LogP contribution in [0.15, 0.2) is 90.3 Å². The first-order valence-corrected chi connectivity index (χ1v) is 10.4. The van der Waals surface area contributed by atoms with E-state index in [0.29, 0.717) is 17.9 Å². The fourth-order valence-corrected chi connectivity index (χ4v) is 3.91. The largest absolute Gasteiger partial charge is 0.503 e. The highest BCUT2D eigenvalue weighted by molar-refractivity contribution is 6.08. The van der Waals surface area contributed by atoms with Gasteiger partial charge in [0.15, 0.2) is 11.5 Å². The zero-order chi connectivity index (χ0) is 22.5. The summed E-state index contributed by atoms with van der Waals surface area (Å²) in [7, 11) is 1.59. The van der Waals surface area contributed by atoms with Crippen LogP contribution in [0, 0.1) is 0 Å². The van der Waals surface area contributed by atoms with E-state index in [9.17, 15) is 14.7 Å². The first-order chi connectivity index (χ1) is 15.6. The van der Waals surface area contributed by atoms with Gasteiger partial charge >= 0.3 is 0 Å². The van der Waals surface area contributed by atoms with E-state index in [1.807, 2.05) is 54.6 Å². The molecular formula is C26H24N2O4. The number of Topliss-reactive ketones (excluding diaryl/α,β-unsaturated/α-hetero) is 1. The molecule has 1 aliphatic heterocycles. The van der Waals surface area contributed by atoms with Gasteiger partial charge in [0, 0.05) is 19.2 Å². The summed E-state index contributed by atoms with van der Waals surface area (Å²) < 4.78 is 5.20. The maximum Gasteiger partial charge on any atom is 0.290 e. The lowest BCUT2D eigenvalue weighted by atomic mass is 9.95. The zero-order valence-electron chi connectivity index (χ0n) is 17.8. The molecule has 1 N–H and O–H groups in total. The summed E-state index contributed by atoms with van der Waals surface area (Å²) in [6.45, 7) is 0.226. The van der Waals surface area contributed by atoms with Crippen molar-refractivity contribution in [3.05, 3.63) is 107 Å². The molecule has 6 heteroatoms. The molecule has 1 amide bonds. The van der Waals surface area contributed by atoms with E-state index in [-0.39, 0.29) is 24.3 Å². The summed E-state index contributed by atoms with van der Waals surface area (Å²) in [6.07, 6.45) is 2.33. The minimum absolute atomic E-state index is 0.109. The summed E-state index contributed by atoms with van der Waals surface area (Å²) in [5, 5.41) is 10.7. The second-order valence-electron chi connectivity index (χ2n) is 7.61. The zero-order valence-corrected chi connectivity index (χ0v) is 17.8. The minimum atomic E-state index is -0.742. The van der Waals surface area contributed by atoms with Gasteiger partial charge in [-0.15, -0.1) is 0 Å². The van der Waals surface area contributed by atoms with Gasteiger partial charge in [-0.3, -0.25) is 14.6 Å². The van der Waals surface area contributed by atoms with Crippen LogP contribution in [0.3, 0.4) is 0 Å². The van der Waals surface area contributed by atoms with Crippen LogP contribution < -0.4 is 4.74 Å². The summed E-state index contributed by atoms with van der Waals surface area (Å²) in [5.41, 5.74) is 2.53. The molecule has 0 fully saturated rings. The van der Waals surface area contributed by atoms with E-state index in [1.165, 1.54) is 4.90 Å². The van der Waals surface area contributed by atoms with Crippen molar-refractivity contribution in [1.82, 2.24) is 9.88 Å². The number of aliphatic hydroxyl groups is 1. The first-order valence-electron chi connectivity index (χ1n) is 10.4. The molecular weight excluding hydrogens is 404 g/mol. The van der Waals surface area contributed by atoms with Crippen LogP contribution >= 0.6 is 0 Å². The molecule has 2 heterocycles. The van der Waals surface area contributed by atoms with E-state index in [0.717, 1.165) is 11.1 Å². The Kier molecular flexibility index (Phi) is 6.31. The number of aliphatic hydroxyl groups excluding tert-OH is 1. The second-order valence-corrected chi connectivity index (χ2v) is 7.61. The van der Waals surface area contributed by atoms with Crippen molar-refractivity contribution in [2.24, 2.45) is 0 Å². The number of rotatable bonds is 8. The van der Waals surface area contributed by atoms with Crippen LogP contribution in [0.1, 0.15) is 29.3 Å². The average molecular weight is 428 g/mol. The summed E-state index contributed by atoms with van der Waals surface area (Å²) in [6, 6.07) is 21.6. The van der Waals surface area contributed by atoms with Crippen molar-refractivity contribution >= 4 is 11.7 Å². The highest BCUT2D eigenvalue weighted by Gasteiger charge is 2.43. The third kappa shape index (κ3) is 4.39. The topological polar surface area (TPSA) is 79.7 Å². The molecule has 0 bridgehead atoms. The lowest BCUT2D eigenvalue weighted by Gasteiger charge is -2.26. The van der Waals surface area contributed by atoms with Gasteiger partial charge in [0.1, 0.15) is 11.8 Å². The number of aromatic nitrogens is 1. The minimum Gasteiger partial charge on any atom is -0.503 e. The molecule has 0 saturated heterocycles. The number of hydrogen-bond acceptors (Lipinski definition) is 5. The van der Waals surface area contributed by atoms with Crippen molar-refractivity contribution in [3.63, 3.8) is 0 Å². The number of methoxy groups -OCH3 is 1. The Morgan fingerprint density at radius 2 is 1.72 bits per heavy atom. The fraction of sp³-hybridized carbons (Fsp3) is 0.192. The highest BCUT2D eigenvalue weighted by atomic mass is 16.5. The molecule has 32 heavy (non-hydrogen) atoms. The Bertz CT molecular complexity index is 1130. The maximum atomic E-state index is 13.2. The number of aryl methyl sites for hydroxylation is 1. The molecule has 0 spiro atoms. The van der Waals surface area contributed by atoms with Crippen LogP contribution in [0.2, 0.25) is 0 Å². The second kappa shape index (κ2) is 9.47. The number of benzene rings is 2. The van der Waals surface area contributed by atoms with Gasteiger partial charge in [-0.05, 0) is 41.8 Å². The van der Waals surface area contributed by atoms with Crippen LogP contribution in [-0.2, 0) is 22.6 Å². The Balaban J connectivity index is 1.63. The molecule has 162 valence electrons. The molecule has 4 rings (SSSR count). The van der Waals surface area contributed by atoms with Crippen molar-refractivity contribution in [2.75, 3.05) is 7.11 Å². The molecule has 0 saturated carbocycles. The van der Waals surface area contributed by atoms with Gasteiger partial charge in [0.2, 0.25) is 0 Å². The molecule has 0 aliphatic carbocycles. The number of carbonyl (C=O) groups is 2. The molecule has 1 atom stereocenters. The first kappa shape index (κ1) is 21.3. The van der Waals surface area contributed by atoms with Crippen LogP contribution in [0.5, 0.6) is 5.75 Å². The molecule has 2 aromatic carbocycles. The Morgan fingerprint density at radius 1 is 1.00 bits per heavy atom. The van der Waals surface area contributed by atoms with E-state index in [1.54, 1.807) is 31.5 Å². The van der Waals surface area contributed by atoms with Gasteiger partial charge in [-0.2, -0.15) is 0 Å². The van der Waals surface area contributed by atoms with Crippen molar-refractivity contribution in [2.45, 2.75) is 25.4 Å². The SMILES string of the molecule is COc1ccc(CN2C(=O)C(O)=C(C(=O)CCc3ccccc3)C2c2ccccn2)cc1. The maximum absolute atomic E-state index is 13.2. The number of carbonyl (C=O) groups excluding carboxylic acids is 2. The summed E-state index contributed by atoms with van der Waals surface area (Å²) >= 11 is 0. The quantitative estimate of drug-likeness (QED) is 0.582. The number of nitrogens with zero attached hydrogens (tertiary/aromatic N) is 2. The average Bonchev–Trinajstić information content (AvgIpc) is 3.09. The van der Waals surface area contributed by atoms with Gasteiger partial charge in [-0.25, -0.2) is 0 Å². The number of ether oxygens (including phenoxy) is 1. The van der Waals surface area contributed by atoms with Gasteiger partial charge in [0.05, 0.1) is 18.4 Å². The standard InChI is InChI=1S/C26H24N2O4/c1-32-20-13-10-19(11-14-20)17-28-24(21-9-5-6-16-27-21)23(25(30)26(28)31)22(29)15-12-18-7-3-2-4-8-18/h2-11,13-14,16,24,30H,12,15,17H2,1H3. The third-order valence-electron chi connectivity index (χ3n) is 5.57. The molecule has 0 radical (unpaired) electrons. The molecule has 1 aromatic heterocycles. The third-order valence-corrected chi connectivity index (χ3v) is 5.57. The van der Waals surface area contributed by atoms with Crippen molar-refractivity contribution in [1.29, 1.82) is 0 Å². The Hall–Kier alpha value is -3.93. The molecule has 6 nitrogen and oxygen atoms in total. The molecule has 3 aromatic rings. The van der Waals surface area contributed by atoms with Gasteiger partial charge in [-0.1, -0.05) is 48.5 Å². The van der Waals surface area contributed by atoms with Crippen LogP contribution in [0.25, 0.3) is 0 Å².